The molecule has 1 N–H and O–H groups in total. The molecule has 0 unspecified atom stereocenters. The summed E-state index contributed by atoms with van der Waals surface area (Å²) in [6, 6.07) is 14.1. The van der Waals surface area contributed by atoms with Crippen molar-refractivity contribution in [1.82, 2.24) is 10.2 Å². The number of aryl methyl sites for hydroxylation is 2. The summed E-state index contributed by atoms with van der Waals surface area (Å²) >= 11 is 0. The maximum absolute atomic E-state index is 13.5. The van der Waals surface area contributed by atoms with Crippen molar-refractivity contribution >= 4 is 27.5 Å². The minimum absolute atomic E-state index is 0.195. The van der Waals surface area contributed by atoms with Crippen LogP contribution >= 0.6 is 0 Å². The zero-order valence-corrected chi connectivity index (χ0v) is 21.1. The van der Waals surface area contributed by atoms with Gasteiger partial charge in [-0.25, -0.2) is 8.42 Å². The minimum atomic E-state index is -3.74. The predicted molar refractivity (Wildman–Crippen MR) is 132 cm³/mol. The van der Waals surface area contributed by atoms with E-state index in [4.69, 9.17) is 0 Å². The zero-order chi connectivity index (χ0) is 24.8. The molecule has 0 saturated heterocycles. The number of carbonyl (C=O) groups is 2. The first-order valence-electron chi connectivity index (χ1n) is 11.1. The van der Waals surface area contributed by atoms with E-state index in [0.717, 1.165) is 27.3 Å². The van der Waals surface area contributed by atoms with E-state index in [2.05, 4.69) is 5.32 Å². The normalized spacial score (nSPS) is 12.3. The molecule has 7 nitrogen and oxygen atoms in total. The summed E-state index contributed by atoms with van der Waals surface area (Å²) in [5, 5.41) is 2.87. The number of rotatable bonds is 10. The number of anilines is 1. The van der Waals surface area contributed by atoms with E-state index in [-0.39, 0.29) is 18.4 Å². The molecule has 2 aromatic carbocycles. The molecule has 2 aromatic rings. The Morgan fingerprint density at radius 3 is 2.21 bits per heavy atom. The maximum atomic E-state index is 13.5. The molecule has 2 amide bonds. The largest absolute Gasteiger partial charge is 0.354 e. The molecule has 8 heteroatoms. The van der Waals surface area contributed by atoms with E-state index >= 15 is 0 Å². The highest BCUT2D eigenvalue weighted by Crippen LogP contribution is 2.24. The van der Waals surface area contributed by atoms with E-state index in [1.807, 2.05) is 63.2 Å². The Bertz CT molecular complexity index is 1070. The monoisotopic (exact) mass is 473 g/mol. The predicted octanol–water partition coefficient (Wildman–Crippen LogP) is 3.26. The molecule has 0 radical (unpaired) electrons. The molecule has 0 aliphatic rings. The van der Waals surface area contributed by atoms with Gasteiger partial charge in [0, 0.05) is 13.1 Å². The Morgan fingerprint density at radius 1 is 1.00 bits per heavy atom. The highest BCUT2D eigenvalue weighted by atomic mass is 32.2. The molecule has 0 heterocycles. The average Bonchev–Trinajstić information content (AvgIpc) is 2.75. The number of nitrogens with zero attached hydrogens (tertiary/aromatic N) is 2. The second-order valence-corrected chi connectivity index (χ2v) is 10.8. The summed E-state index contributed by atoms with van der Waals surface area (Å²) in [4.78, 5) is 27.7. The Hall–Kier alpha value is -2.87. The van der Waals surface area contributed by atoms with Gasteiger partial charge in [-0.2, -0.15) is 0 Å². The van der Waals surface area contributed by atoms with Crippen molar-refractivity contribution in [2.75, 3.05) is 23.7 Å². The lowest BCUT2D eigenvalue weighted by atomic mass is 10.1. The Morgan fingerprint density at radius 2 is 1.64 bits per heavy atom. The topological polar surface area (TPSA) is 86.8 Å². The highest BCUT2D eigenvalue weighted by Gasteiger charge is 2.30. The molecule has 0 aliphatic heterocycles. The summed E-state index contributed by atoms with van der Waals surface area (Å²) in [7, 11) is -3.74. The van der Waals surface area contributed by atoms with Crippen LogP contribution in [0.1, 0.15) is 37.5 Å². The number of nitrogens with one attached hydrogen (secondary N) is 1. The van der Waals surface area contributed by atoms with Gasteiger partial charge in [0.15, 0.2) is 0 Å². The molecular formula is C25H35N3O4S. The first-order valence-corrected chi connectivity index (χ1v) is 12.9. The van der Waals surface area contributed by atoms with Gasteiger partial charge >= 0.3 is 0 Å². The third-order valence-corrected chi connectivity index (χ3v) is 6.49. The van der Waals surface area contributed by atoms with Crippen molar-refractivity contribution in [2.24, 2.45) is 5.92 Å². The molecule has 2 rings (SSSR count). The molecule has 0 aromatic heterocycles. The summed E-state index contributed by atoms with van der Waals surface area (Å²) < 4.78 is 26.5. The minimum Gasteiger partial charge on any atom is -0.354 e. The fraction of sp³-hybridized carbons (Fsp3) is 0.440. The summed E-state index contributed by atoms with van der Waals surface area (Å²) in [6.45, 7) is 9.62. The standard InChI is InChI=1S/C25H35N3O4S/c1-18(2)15-26-25(30)21(5)27(16-22-10-8-7-9-11-22)24(29)17-28(33(6,31)32)23-14-19(3)12-13-20(23)4/h7-14,18,21H,15-17H2,1-6H3,(H,26,30)/t21-/m0/s1. The van der Waals surface area contributed by atoms with Crippen LogP contribution in [0, 0.1) is 19.8 Å². The second-order valence-electron chi connectivity index (χ2n) is 8.88. The fourth-order valence-electron chi connectivity index (χ4n) is 3.40. The Balaban J connectivity index is 2.38. The number of hydrogen-bond donors (Lipinski definition) is 1. The molecule has 0 aliphatic carbocycles. The molecule has 0 fully saturated rings. The Labute approximate surface area is 197 Å². The summed E-state index contributed by atoms with van der Waals surface area (Å²) in [5.74, 6) is -0.451. The van der Waals surface area contributed by atoms with Crippen LogP contribution in [-0.2, 0) is 26.2 Å². The Kier molecular flexibility index (Phi) is 9.05. The van der Waals surface area contributed by atoms with Gasteiger partial charge < -0.3 is 10.2 Å². The van der Waals surface area contributed by atoms with Crippen molar-refractivity contribution in [3.8, 4) is 0 Å². The SMILES string of the molecule is Cc1ccc(C)c(N(CC(=O)N(Cc2ccccc2)[C@@H](C)C(=O)NCC(C)C)S(C)(=O)=O)c1. The fourth-order valence-corrected chi connectivity index (χ4v) is 4.30. The number of carbonyl (C=O) groups excluding carboxylic acids is 2. The maximum Gasteiger partial charge on any atom is 0.244 e. The molecular weight excluding hydrogens is 438 g/mol. The zero-order valence-electron chi connectivity index (χ0n) is 20.3. The summed E-state index contributed by atoms with van der Waals surface area (Å²) in [6.07, 6.45) is 1.09. The third kappa shape index (κ3) is 7.60. The lowest BCUT2D eigenvalue weighted by Gasteiger charge is -2.32. The molecule has 1 atom stereocenters. The van der Waals surface area contributed by atoms with E-state index in [1.54, 1.807) is 19.9 Å². The van der Waals surface area contributed by atoms with Crippen molar-refractivity contribution in [3.05, 3.63) is 65.2 Å². The smallest absolute Gasteiger partial charge is 0.244 e. The van der Waals surface area contributed by atoms with Gasteiger partial charge in [-0.15, -0.1) is 0 Å². The van der Waals surface area contributed by atoms with Gasteiger partial charge in [0.1, 0.15) is 12.6 Å². The highest BCUT2D eigenvalue weighted by molar-refractivity contribution is 7.92. The van der Waals surface area contributed by atoms with E-state index in [0.29, 0.717) is 12.2 Å². The lowest BCUT2D eigenvalue weighted by Crippen LogP contribution is -2.51. The van der Waals surface area contributed by atoms with E-state index < -0.39 is 28.5 Å². The van der Waals surface area contributed by atoms with Crippen LogP contribution in [0.4, 0.5) is 5.69 Å². The number of benzene rings is 2. The van der Waals surface area contributed by atoms with Gasteiger partial charge in [0.25, 0.3) is 0 Å². The van der Waals surface area contributed by atoms with Gasteiger partial charge in [-0.3, -0.25) is 13.9 Å². The van der Waals surface area contributed by atoms with Crippen LogP contribution in [0.15, 0.2) is 48.5 Å². The number of sulfonamides is 1. The molecule has 0 saturated carbocycles. The van der Waals surface area contributed by atoms with Crippen LogP contribution in [0.2, 0.25) is 0 Å². The number of hydrogen-bond acceptors (Lipinski definition) is 4. The molecule has 180 valence electrons. The van der Waals surface area contributed by atoms with Crippen LogP contribution in [-0.4, -0.2) is 50.5 Å². The van der Waals surface area contributed by atoms with Crippen LogP contribution in [0.3, 0.4) is 0 Å². The average molecular weight is 474 g/mol. The first-order chi connectivity index (χ1) is 15.4. The van der Waals surface area contributed by atoms with Gasteiger partial charge in [-0.05, 0) is 49.4 Å². The molecule has 33 heavy (non-hydrogen) atoms. The van der Waals surface area contributed by atoms with Gasteiger partial charge in [0.05, 0.1) is 11.9 Å². The van der Waals surface area contributed by atoms with Crippen LogP contribution in [0.25, 0.3) is 0 Å². The van der Waals surface area contributed by atoms with E-state index in [1.165, 1.54) is 4.90 Å². The van der Waals surface area contributed by atoms with E-state index in [9.17, 15) is 18.0 Å². The molecule has 0 bridgehead atoms. The lowest BCUT2D eigenvalue weighted by molar-refractivity contribution is -0.139. The summed E-state index contributed by atoms with van der Waals surface area (Å²) in [5.41, 5.74) is 2.95. The van der Waals surface area contributed by atoms with Crippen LogP contribution in [0.5, 0.6) is 0 Å². The molecule has 0 spiro atoms. The number of amides is 2. The quantitative estimate of drug-likeness (QED) is 0.574. The second kappa shape index (κ2) is 11.3. The van der Waals surface area contributed by atoms with Crippen molar-refractivity contribution in [2.45, 2.75) is 47.2 Å². The van der Waals surface area contributed by atoms with Crippen molar-refractivity contribution in [3.63, 3.8) is 0 Å². The van der Waals surface area contributed by atoms with Gasteiger partial charge in [0.2, 0.25) is 21.8 Å². The van der Waals surface area contributed by atoms with Gasteiger partial charge in [-0.1, -0.05) is 56.3 Å². The van der Waals surface area contributed by atoms with Crippen molar-refractivity contribution in [1.29, 1.82) is 0 Å². The third-order valence-electron chi connectivity index (χ3n) is 5.36. The first kappa shape index (κ1) is 26.4. The van der Waals surface area contributed by atoms with Crippen molar-refractivity contribution < 1.29 is 18.0 Å². The van der Waals surface area contributed by atoms with Crippen LogP contribution < -0.4 is 9.62 Å².